The minimum absolute atomic E-state index is 0.210. The zero-order valence-electron chi connectivity index (χ0n) is 9.76. The normalized spacial score (nSPS) is 14.1. The van der Waals surface area contributed by atoms with E-state index in [2.05, 4.69) is 5.32 Å². The molecule has 0 aliphatic heterocycles. The van der Waals surface area contributed by atoms with Gasteiger partial charge in [0.1, 0.15) is 6.10 Å². The fourth-order valence-corrected chi connectivity index (χ4v) is 1.46. The first-order valence-corrected chi connectivity index (χ1v) is 5.52. The average Bonchev–Trinajstić information content (AvgIpc) is 2.35. The van der Waals surface area contributed by atoms with E-state index < -0.39 is 12.1 Å². The molecule has 0 radical (unpaired) electrons. The Balaban J connectivity index is 2.74. The van der Waals surface area contributed by atoms with E-state index in [0.717, 1.165) is 0 Å². The van der Waals surface area contributed by atoms with Gasteiger partial charge in [0, 0.05) is 12.1 Å². The van der Waals surface area contributed by atoms with Crippen molar-refractivity contribution < 1.29 is 15.0 Å². The number of benzene rings is 1. The lowest BCUT2D eigenvalue weighted by molar-refractivity contribution is -0.122. The molecule has 1 aromatic rings. The molecule has 17 heavy (non-hydrogen) atoms. The van der Waals surface area contributed by atoms with Crippen molar-refractivity contribution >= 4 is 11.6 Å². The molecule has 5 heteroatoms. The van der Waals surface area contributed by atoms with Gasteiger partial charge in [-0.15, -0.1) is 0 Å². The van der Waals surface area contributed by atoms with Crippen LogP contribution in [0.2, 0.25) is 0 Å². The lowest BCUT2D eigenvalue weighted by atomic mass is 10.0. The summed E-state index contributed by atoms with van der Waals surface area (Å²) in [7, 11) is 0. The highest BCUT2D eigenvalue weighted by atomic mass is 16.3. The average molecular weight is 238 g/mol. The fraction of sp³-hybridized carbons (Fsp3) is 0.417. The third kappa shape index (κ3) is 3.72. The second kappa shape index (κ2) is 6.22. The molecular formula is C12H18N2O3. The van der Waals surface area contributed by atoms with Crippen molar-refractivity contribution in [2.45, 2.75) is 25.5 Å². The number of hydrogen-bond donors (Lipinski definition) is 4. The van der Waals surface area contributed by atoms with Crippen LogP contribution >= 0.6 is 0 Å². The van der Waals surface area contributed by atoms with Gasteiger partial charge in [0.05, 0.1) is 12.6 Å². The molecule has 0 heterocycles. The van der Waals surface area contributed by atoms with E-state index in [1.165, 1.54) is 0 Å². The van der Waals surface area contributed by atoms with Gasteiger partial charge in [-0.25, -0.2) is 0 Å². The quantitative estimate of drug-likeness (QED) is 0.551. The fourth-order valence-electron chi connectivity index (χ4n) is 1.46. The molecule has 0 fully saturated rings. The van der Waals surface area contributed by atoms with Gasteiger partial charge in [0.15, 0.2) is 0 Å². The number of hydrogen-bond acceptors (Lipinski definition) is 4. The highest BCUT2D eigenvalue weighted by Crippen LogP contribution is 2.18. The van der Waals surface area contributed by atoms with Crippen molar-refractivity contribution in [1.29, 1.82) is 0 Å². The summed E-state index contributed by atoms with van der Waals surface area (Å²) in [5.41, 5.74) is 6.74. The van der Waals surface area contributed by atoms with Crippen LogP contribution in [0.4, 0.5) is 5.69 Å². The number of aliphatic hydroxyl groups is 2. The van der Waals surface area contributed by atoms with Gasteiger partial charge >= 0.3 is 0 Å². The molecule has 1 amide bonds. The third-order valence-electron chi connectivity index (χ3n) is 2.52. The predicted octanol–water partition coefficient (Wildman–Crippen LogP) is 0.189. The molecule has 1 rings (SSSR count). The van der Waals surface area contributed by atoms with Crippen LogP contribution in [0, 0.1) is 0 Å². The highest BCUT2D eigenvalue weighted by molar-refractivity contribution is 5.75. The Morgan fingerprint density at radius 2 is 2.00 bits per heavy atom. The summed E-state index contributed by atoms with van der Waals surface area (Å²) in [5, 5.41) is 21.7. The molecule has 0 spiro atoms. The van der Waals surface area contributed by atoms with E-state index in [9.17, 15) is 9.90 Å². The third-order valence-corrected chi connectivity index (χ3v) is 2.52. The lowest BCUT2D eigenvalue weighted by Crippen LogP contribution is -2.41. The number of nitrogens with two attached hydrogens (primary N) is 1. The molecule has 2 atom stereocenters. The number of amides is 1. The second-order valence-electron chi connectivity index (χ2n) is 3.82. The van der Waals surface area contributed by atoms with Crippen LogP contribution < -0.4 is 11.1 Å². The van der Waals surface area contributed by atoms with E-state index in [1.807, 2.05) is 0 Å². The van der Waals surface area contributed by atoms with E-state index in [1.54, 1.807) is 31.2 Å². The Kier molecular flexibility index (Phi) is 4.93. The van der Waals surface area contributed by atoms with Gasteiger partial charge in [-0.1, -0.05) is 19.1 Å². The lowest BCUT2D eigenvalue weighted by Gasteiger charge is -2.22. The van der Waals surface area contributed by atoms with E-state index in [-0.39, 0.29) is 12.5 Å². The molecule has 94 valence electrons. The molecule has 0 saturated heterocycles. The number of carbonyl (C=O) groups excluding carboxylic acids is 1. The number of aliphatic hydroxyl groups excluding tert-OH is 2. The van der Waals surface area contributed by atoms with Crippen LogP contribution in [-0.4, -0.2) is 28.8 Å². The number of nitrogen functional groups attached to an aromatic ring is 1. The van der Waals surface area contributed by atoms with Gasteiger partial charge in [0.25, 0.3) is 0 Å². The van der Waals surface area contributed by atoms with E-state index >= 15 is 0 Å². The van der Waals surface area contributed by atoms with Crippen molar-refractivity contribution in [2.75, 3.05) is 12.3 Å². The van der Waals surface area contributed by atoms with Gasteiger partial charge < -0.3 is 21.3 Å². The van der Waals surface area contributed by atoms with Gasteiger partial charge in [-0.05, 0) is 17.7 Å². The Morgan fingerprint density at radius 3 is 2.47 bits per heavy atom. The van der Waals surface area contributed by atoms with Crippen LogP contribution in [0.25, 0.3) is 0 Å². The van der Waals surface area contributed by atoms with Crippen molar-refractivity contribution in [2.24, 2.45) is 0 Å². The predicted molar refractivity (Wildman–Crippen MR) is 65.1 cm³/mol. The number of carbonyl (C=O) groups is 1. The molecule has 5 nitrogen and oxygen atoms in total. The first-order valence-electron chi connectivity index (χ1n) is 5.52. The van der Waals surface area contributed by atoms with Crippen LogP contribution in [0.5, 0.6) is 0 Å². The summed E-state index contributed by atoms with van der Waals surface area (Å²) in [6.07, 6.45) is -0.638. The van der Waals surface area contributed by atoms with Gasteiger partial charge in [-0.2, -0.15) is 0 Å². The summed E-state index contributed by atoms with van der Waals surface area (Å²) in [6.45, 7) is 1.39. The maximum Gasteiger partial charge on any atom is 0.220 e. The first kappa shape index (κ1) is 13.5. The Bertz CT molecular complexity index is 365. The van der Waals surface area contributed by atoms with Crippen molar-refractivity contribution in [3.8, 4) is 0 Å². The summed E-state index contributed by atoms with van der Waals surface area (Å²) in [4.78, 5) is 11.2. The molecule has 0 aliphatic carbocycles. The van der Waals surface area contributed by atoms with Crippen molar-refractivity contribution in [3.05, 3.63) is 29.8 Å². The number of rotatable bonds is 5. The van der Waals surface area contributed by atoms with Crippen LogP contribution in [0.3, 0.4) is 0 Å². The maximum absolute atomic E-state index is 11.2. The second-order valence-corrected chi connectivity index (χ2v) is 3.82. The van der Waals surface area contributed by atoms with Crippen LogP contribution in [0.15, 0.2) is 24.3 Å². The van der Waals surface area contributed by atoms with Crippen molar-refractivity contribution in [1.82, 2.24) is 5.32 Å². The van der Waals surface area contributed by atoms with Crippen LogP contribution in [0.1, 0.15) is 25.0 Å². The van der Waals surface area contributed by atoms with Gasteiger partial charge in [0.2, 0.25) is 5.91 Å². The summed E-state index contributed by atoms with van der Waals surface area (Å²) < 4.78 is 0. The minimum atomic E-state index is -0.948. The Hall–Kier alpha value is -1.59. The molecule has 1 aromatic carbocycles. The standard InChI is InChI=1S/C12H18N2O3/c1-2-11(16)14-10(7-15)12(17)8-3-5-9(13)6-4-8/h3-6,10,12,15,17H,2,7,13H2,1H3,(H,14,16). The molecule has 0 bridgehead atoms. The van der Waals surface area contributed by atoms with Crippen LogP contribution in [-0.2, 0) is 4.79 Å². The zero-order valence-corrected chi connectivity index (χ0v) is 9.76. The molecular weight excluding hydrogens is 220 g/mol. The highest BCUT2D eigenvalue weighted by Gasteiger charge is 2.21. The van der Waals surface area contributed by atoms with E-state index in [4.69, 9.17) is 10.8 Å². The molecule has 5 N–H and O–H groups in total. The molecule has 0 aromatic heterocycles. The summed E-state index contributed by atoms with van der Waals surface area (Å²) in [5.74, 6) is -0.210. The minimum Gasteiger partial charge on any atom is -0.399 e. The molecule has 0 saturated carbocycles. The maximum atomic E-state index is 11.2. The Morgan fingerprint density at radius 1 is 1.41 bits per heavy atom. The van der Waals surface area contributed by atoms with E-state index in [0.29, 0.717) is 17.7 Å². The smallest absolute Gasteiger partial charge is 0.220 e. The SMILES string of the molecule is CCC(=O)NC(CO)C(O)c1ccc(N)cc1. The summed E-state index contributed by atoms with van der Waals surface area (Å²) >= 11 is 0. The monoisotopic (exact) mass is 238 g/mol. The zero-order chi connectivity index (χ0) is 12.8. The molecule has 2 unspecified atom stereocenters. The number of nitrogens with one attached hydrogen (secondary N) is 1. The summed E-state index contributed by atoms with van der Waals surface area (Å²) in [6, 6.07) is 5.95. The largest absolute Gasteiger partial charge is 0.399 e. The molecule has 0 aliphatic rings. The first-order chi connectivity index (χ1) is 8.08. The Labute approximate surface area is 100 Å². The number of anilines is 1. The topological polar surface area (TPSA) is 95.6 Å². The van der Waals surface area contributed by atoms with Crippen molar-refractivity contribution in [3.63, 3.8) is 0 Å². The van der Waals surface area contributed by atoms with Gasteiger partial charge in [-0.3, -0.25) is 4.79 Å².